The fourth-order valence-corrected chi connectivity index (χ4v) is 1.85. The summed E-state index contributed by atoms with van der Waals surface area (Å²) in [5.74, 6) is 1.01. The van der Waals surface area contributed by atoms with E-state index in [9.17, 15) is 0 Å². The molecule has 0 nitrogen and oxygen atoms in total. The van der Waals surface area contributed by atoms with Crippen molar-refractivity contribution in [3.8, 4) is 0 Å². The zero-order chi connectivity index (χ0) is 8.53. The predicted octanol–water partition coefficient (Wildman–Crippen LogP) is 4.53. The minimum atomic E-state index is 0. The normalized spacial score (nSPS) is 12.3. The van der Waals surface area contributed by atoms with Gasteiger partial charge in [0.2, 0.25) is 0 Å². The van der Waals surface area contributed by atoms with Crippen LogP contribution in [0.15, 0.2) is 0 Å². The van der Waals surface area contributed by atoms with E-state index >= 15 is 0 Å². The fourth-order valence-electron chi connectivity index (χ4n) is 1.24. The van der Waals surface area contributed by atoms with Crippen LogP contribution in [0.5, 0.6) is 0 Å². The van der Waals surface area contributed by atoms with Gasteiger partial charge in [-0.15, -0.1) is 17.0 Å². The molecule has 1 atom stereocenters. The molecule has 0 aromatic carbocycles. The Kier molecular flexibility index (Phi) is 15.7. The Morgan fingerprint density at radius 2 is 1.67 bits per heavy atom. The first kappa shape index (κ1) is 15.6. The Labute approximate surface area is 98.3 Å². The second-order valence-electron chi connectivity index (χ2n) is 3.60. The Hall–Kier alpha value is 1.10. The standard InChI is InChI=1S/C10H21.BrH.Zn/c1-4-5-6-7-8-9-10(2)3;;/h10H,2,4-9H2,1,3H3;1H;. The van der Waals surface area contributed by atoms with Crippen molar-refractivity contribution in [3.05, 3.63) is 0 Å². The second-order valence-corrected chi connectivity index (χ2v) is 4.81. The zero-order valence-corrected chi connectivity index (χ0v) is 13.3. The third-order valence-corrected chi connectivity index (χ3v) is 4.36. The predicted molar refractivity (Wildman–Crippen MR) is 57.7 cm³/mol. The van der Waals surface area contributed by atoms with Crippen LogP contribution >= 0.6 is 17.0 Å². The molecule has 0 aliphatic carbocycles. The summed E-state index contributed by atoms with van der Waals surface area (Å²) in [5.41, 5.74) is 0. The quantitative estimate of drug-likeness (QED) is 0.477. The van der Waals surface area contributed by atoms with Crippen LogP contribution in [0.25, 0.3) is 0 Å². The molecular weight excluding hydrogens is 265 g/mol. The van der Waals surface area contributed by atoms with Crippen molar-refractivity contribution in [2.75, 3.05) is 0 Å². The van der Waals surface area contributed by atoms with E-state index in [1.165, 1.54) is 61.8 Å². The Morgan fingerprint density at radius 3 is 2.17 bits per heavy atom. The molecule has 0 saturated heterocycles. The summed E-state index contributed by atoms with van der Waals surface area (Å²) in [7, 11) is 0. The number of hydrogen-bond acceptors (Lipinski definition) is 0. The third-order valence-electron chi connectivity index (χ3n) is 2.29. The van der Waals surface area contributed by atoms with Crippen LogP contribution in [-0.4, -0.2) is 0 Å². The van der Waals surface area contributed by atoms with Gasteiger partial charge in [0.25, 0.3) is 0 Å². The van der Waals surface area contributed by atoms with Gasteiger partial charge in [-0.2, -0.15) is 0 Å². The topological polar surface area (TPSA) is 0 Å². The molecule has 0 bridgehead atoms. The molecule has 0 heterocycles. The van der Waals surface area contributed by atoms with Crippen molar-refractivity contribution in [2.24, 2.45) is 5.92 Å². The van der Waals surface area contributed by atoms with Crippen LogP contribution in [0.4, 0.5) is 0 Å². The summed E-state index contributed by atoms with van der Waals surface area (Å²) in [4.78, 5) is 0. The van der Waals surface area contributed by atoms with Gasteiger partial charge in [0.15, 0.2) is 0 Å². The fraction of sp³-hybridized carbons (Fsp3) is 1.00. The molecule has 0 aliphatic rings. The summed E-state index contributed by atoms with van der Waals surface area (Å²) in [6.45, 7) is 4.67. The van der Waals surface area contributed by atoms with Gasteiger partial charge >= 0.3 is 81.6 Å². The molecule has 0 radical (unpaired) electrons. The summed E-state index contributed by atoms with van der Waals surface area (Å²) in [6.07, 6.45) is 8.69. The maximum atomic E-state index is 2.39. The van der Waals surface area contributed by atoms with Crippen LogP contribution in [0.2, 0.25) is 5.02 Å². The number of rotatable bonds is 7. The van der Waals surface area contributed by atoms with Gasteiger partial charge in [0, 0.05) is 0 Å². The average molecular weight is 288 g/mol. The first-order valence-electron chi connectivity index (χ1n) is 5.10. The molecule has 1 unspecified atom stereocenters. The van der Waals surface area contributed by atoms with Crippen molar-refractivity contribution in [2.45, 2.75) is 57.4 Å². The van der Waals surface area contributed by atoms with Gasteiger partial charge in [-0.3, -0.25) is 0 Å². The zero-order valence-electron chi connectivity index (χ0n) is 8.64. The van der Waals surface area contributed by atoms with Gasteiger partial charge < -0.3 is 0 Å². The molecule has 0 saturated carbocycles. The molecular formula is C10H22BrZn. The Balaban J connectivity index is 0. The minimum absolute atomic E-state index is 0. The summed E-state index contributed by atoms with van der Waals surface area (Å²) < 4.78 is 0. The molecule has 71 valence electrons. The SMILES string of the molecule is Br.CCCCCCCC(C)[CH2][Zn]. The van der Waals surface area contributed by atoms with Gasteiger partial charge in [-0.25, -0.2) is 0 Å². The summed E-state index contributed by atoms with van der Waals surface area (Å²) >= 11 is 1.48. The number of hydrogen-bond donors (Lipinski definition) is 0. The van der Waals surface area contributed by atoms with Crippen LogP contribution in [0.3, 0.4) is 0 Å². The van der Waals surface area contributed by atoms with Crippen LogP contribution < -0.4 is 0 Å². The van der Waals surface area contributed by atoms with Crippen molar-refractivity contribution >= 4 is 17.0 Å². The van der Waals surface area contributed by atoms with E-state index in [2.05, 4.69) is 13.8 Å². The molecule has 0 aromatic rings. The number of halogens is 1. The first-order chi connectivity index (χ1) is 5.31. The first-order valence-corrected chi connectivity index (χ1v) is 7.20. The molecule has 0 N–H and O–H groups in total. The summed E-state index contributed by atoms with van der Waals surface area (Å²) in [5, 5.41) is 1.48. The Bertz CT molecular complexity index is 76.2. The van der Waals surface area contributed by atoms with E-state index in [1.54, 1.807) is 0 Å². The van der Waals surface area contributed by atoms with Crippen LogP contribution in [0.1, 0.15) is 52.4 Å². The molecule has 2 heteroatoms. The van der Waals surface area contributed by atoms with E-state index in [4.69, 9.17) is 0 Å². The van der Waals surface area contributed by atoms with Crippen molar-refractivity contribution < 1.29 is 18.3 Å². The van der Waals surface area contributed by atoms with E-state index in [-0.39, 0.29) is 17.0 Å². The van der Waals surface area contributed by atoms with Crippen molar-refractivity contribution in [3.63, 3.8) is 0 Å². The molecule has 12 heavy (non-hydrogen) atoms. The van der Waals surface area contributed by atoms with Crippen molar-refractivity contribution in [1.29, 1.82) is 0 Å². The second kappa shape index (κ2) is 12.1. The summed E-state index contributed by atoms with van der Waals surface area (Å²) in [6, 6.07) is 0. The van der Waals surface area contributed by atoms with Crippen molar-refractivity contribution in [1.82, 2.24) is 0 Å². The molecule has 0 rings (SSSR count). The molecule has 0 amide bonds. The van der Waals surface area contributed by atoms with Gasteiger partial charge in [-0.1, -0.05) is 0 Å². The Morgan fingerprint density at radius 1 is 1.08 bits per heavy atom. The maximum absolute atomic E-state index is 2.39. The van der Waals surface area contributed by atoms with Gasteiger partial charge in [0.05, 0.1) is 0 Å². The van der Waals surface area contributed by atoms with Gasteiger partial charge in [-0.05, 0) is 0 Å². The van der Waals surface area contributed by atoms with Crippen LogP contribution in [0, 0.1) is 5.92 Å². The molecule has 0 spiro atoms. The van der Waals surface area contributed by atoms with E-state index in [1.807, 2.05) is 0 Å². The average Bonchev–Trinajstić information content (AvgIpc) is 2.04. The van der Waals surface area contributed by atoms with Crippen LogP contribution in [-0.2, 0) is 18.3 Å². The molecule has 0 fully saturated rings. The molecule has 0 aliphatic heterocycles. The third kappa shape index (κ3) is 11.1. The monoisotopic (exact) mass is 285 g/mol. The van der Waals surface area contributed by atoms with E-state index in [0.717, 1.165) is 5.92 Å². The number of unbranched alkanes of at least 4 members (excludes halogenated alkanes) is 4. The van der Waals surface area contributed by atoms with Gasteiger partial charge in [0.1, 0.15) is 0 Å². The van der Waals surface area contributed by atoms with E-state index < -0.39 is 0 Å². The molecule has 0 aromatic heterocycles. The van der Waals surface area contributed by atoms with E-state index in [0.29, 0.717) is 0 Å².